The fourth-order valence-electron chi connectivity index (χ4n) is 2.34. The van der Waals surface area contributed by atoms with E-state index in [1.54, 1.807) is 17.2 Å². The third kappa shape index (κ3) is 3.07. The van der Waals surface area contributed by atoms with Gasteiger partial charge >= 0.3 is 6.03 Å². The molecule has 0 radical (unpaired) electrons. The Labute approximate surface area is 122 Å². The summed E-state index contributed by atoms with van der Waals surface area (Å²) in [6.07, 6.45) is 5.35. The van der Waals surface area contributed by atoms with Crippen molar-refractivity contribution < 1.29 is 9.21 Å². The standard InChI is InChI=1S/C14H19N5O2/c1-10(13-17-15-9-18(13)2)16-14(20)19(11-5-6-11)8-12-4-3-7-21-12/h3-4,7,9-11H,5-6,8H2,1-2H3,(H,16,20). The van der Waals surface area contributed by atoms with Gasteiger partial charge in [-0.15, -0.1) is 10.2 Å². The fraction of sp³-hybridized carbons (Fsp3) is 0.500. The minimum atomic E-state index is -0.192. The first-order valence-electron chi connectivity index (χ1n) is 7.08. The van der Waals surface area contributed by atoms with Gasteiger partial charge in [0.05, 0.1) is 18.8 Å². The summed E-state index contributed by atoms with van der Waals surface area (Å²) in [6.45, 7) is 2.40. The quantitative estimate of drug-likeness (QED) is 0.911. The number of furan rings is 1. The first-order chi connectivity index (χ1) is 10.1. The Morgan fingerprint density at radius 2 is 2.43 bits per heavy atom. The van der Waals surface area contributed by atoms with Gasteiger partial charge in [0.15, 0.2) is 5.82 Å². The molecule has 0 aliphatic heterocycles. The molecule has 0 aromatic carbocycles. The van der Waals surface area contributed by atoms with Crippen molar-refractivity contribution in [2.75, 3.05) is 0 Å². The normalized spacial score (nSPS) is 15.7. The van der Waals surface area contributed by atoms with E-state index in [0.29, 0.717) is 12.6 Å². The molecule has 2 aromatic heterocycles. The van der Waals surface area contributed by atoms with Crippen LogP contribution >= 0.6 is 0 Å². The Bertz CT molecular complexity index is 603. The van der Waals surface area contributed by atoms with E-state index in [1.165, 1.54) is 0 Å². The number of aryl methyl sites for hydroxylation is 1. The predicted molar refractivity (Wildman–Crippen MR) is 75.2 cm³/mol. The molecule has 0 saturated heterocycles. The Hall–Kier alpha value is -2.31. The highest BCUT2D eigenvalue weighted by Gasteiger charge is 2.34. The van der Waals surface area contributed by atoms with Crippen LogP contribution < -0.4 is 5.32 Å². The smallest absolute Gasteiger partial charge is 0.318 e. The topological polar surface area (TPSA) is 76.2 Å². The molecule has 1 saturated carbocycles. The summed E-state index contributed by atoms with van der Waals surface area (Å²) < 4.78 is 7.14. The van der Waals surface area contributed by atoms with Gasteiger partial charge < -0.3 is 19.2 Å². The third-order valence-corrected chi connectivity index (χ3v) is 3.63. The minimum absolute atomic E-state index is 0.0931. The summed E-state index contributed by atoms with van der Waals surface area (Å²) >= 11 is 0. The van der Waals surface area contributed by atoms with Crippen molar-refractivity contribution in [1.82, 2.24) is 25.0 Å². The summed E-state index contributed by atoms with van der Waals surface area (Å²) in [4.78, 5) is 14.3. The van der Waals surface area contributed by atoms with Crippen LogP contribution in [0.2, 0.25) is 0 Å². The van der Waals surface area contributed by atoms with E-state index in [2.05, 4.69) is 15.5 Å². The minimum Gasteiger partial charge on any atom is -0.467 e. The van der Waals surface area contributed by atoms with Crippen molar-refractivity contribution in [3.8, 4) is 0 Å². The molecule has 1 N–H and O–H groups in total. The molecule has 3 rings (SSSR count). The maximum absolute atomic E-state index is 12.5. The zero-order chi connectivity index (χ0) is 14.8. The van der Waals surface area contributed by atoms with Gasteiger partial charge in [0, 0.05) is 13.1 Å². The van der Waals surface area contributed by atoms with Crippen molar-refractivity contribution >= 4 is 6.03 Å². The van der Waals surface area contributed by atoms with Crippen molar-refractivity contribution in [3.05, 3.63) is 36.3 Å². The molecule has 0 bridgehead atoms. The number of carbonyl (C=O) groups is 1. The number of rotatable bonds is 5. The summed E-state index contributed by atoms with van der Waals surface area (Å²) in [7, 11) is 1.86. The van der Waals surface area contributed by atoms with E-state index < -0.39 is 0 Å². The van der Waals surface area contributed by atoms with Crippen LogP contribution in [0.5, 0.6) is 0 Å². The molecule has 0 spiro atoms. The van der Waals surface area contributed by atoms with Gasteiger partial charge in [-0.1, -0.05) is 0 Å². The first-order valence-corrected chi connectivity index (χ1v) is 7.08. The van der Waals surface area contributed by atoms with Crippen LogP contribution in [0.3, 0.4) is 0 Å². The lowest BCUT2D eigenvalue weighted by Gasteiger charge is -2.24. The van der Waals surface area contributed by atoms with Crippen LogP contribution in [-0.4, -0.2) is 31.7 Å². The molecule has 7 nitrogen and oxygen atoms in total. The molecule has 1 aliphatic rings. The molecule has 1 fully saturated rings. The molecular formula is C14H19N5O2. The highest BCUT2D eigenvalue weighted by Crippen LogP contribution is 2.28. The zero-order valence-electron chi connectivity index (χ0n) is 12.2. The average Bonchev–Trinajstić information content (AvgIpc) is 2.98. The van der Waals surface area contributed by atoms with E-state index in [9.17, 15) is 4.79 Å². The second kappa shape index (κ2) is 5.59. The number of amides is 2. The number of hydrogen-bond donors (Lipinski definition) is 1. The van der Waals surface area contributed by atoms with E-state index in [-0.39, 0.29) is 12.1 Å². The zero-order valence-corrected chi connectivity index (χ0v) is 12.2. The molecule has 21 heavy (non-hydrogen) atoms. The van der Waals surface area contributed by atoms with Gasteiger partial charge in [-0.2, -0.15) is 0 Å². The number of hydrogen-bond acceptors (Lipinski definition) is 4. The van der Waals surface area contributed by atoms with Gasteiger partial charge in [-0.05, 0) is 31.9 Å². The molecule has 1 atom stereocenters. The first kappa shape index (κ1) is 13.7. The van der Waals surface area contributed by atoms with Crippen LogP contribution in [0.1, 0.15) is 37.4 Å². The number of urea groups is 1. The Kier molecular flexibility index (Phi) is 3.64. The number of carbonyl (C=O) groups excluding carboxylic acids is 1. The lowest BCUT2D eigenvalue weighted by atomic mass is 10.3. The summed E-state index contributed by atoms with van der Waals surface area (Å²) in [6, 6.07) is 3.74. The van der Waals surface area contributed by atoms with E-state index in [1.807, 2.05) is 31.0 Å². The Morgan fingerprint density at radius 3 is 3.00 bits per heavy atom. The maximum atomic E-state index is 12.5. The van der Waals surface area contributed by atoms with Crippen molar-refractivity contribution in [2.24, 2.45) is 7.05 Å². The number of nitrogens with one attached hydrogen (secondary N) is 1. The largest absolute Gasteiger partial charge is 0.467 e. The van der Waals surface area contributed by atoms with Gasteiger partial charge in [0.1, 0.15) is 12.1 Å². The van der Waals surface area contributed by atoms with Gasteiger partial charge in [-0.25, -0.2) is 4.79 Å². The molecule has 1 unspecified atom stereocenters. The highest BCUT2D eigenvalue weighted by molar-refractivity contribution is 5.75. The van der Waals surface area contributed by atoms with Crippen LogP contribution in [0.4, 0.5) is 4.79 Å². The van der Waals surface area contributed by atoms with Crippen LogP contribution in [0.15, 0.2) is 29.1 Å². The maximum Gasteiger partial charge on any atom is 0.318 e. The fourth-order valence-corrected chi connectivity index (χ4v) is 2.34. The van der Waals surface area contributed by atoms with Crippen LogP contribution in [0, 0.1) is 0 Å². The van der Waals surface area contributed by atoms with Crippen LogP contribution in [0.25, 0.3) is 0 Å². The Morgan fingerprint density at radius 1 is 1.62 bits per heavy atom. The van der Waals surface area contributed by atoms with Crippen molar-refractivity contribution in [1.29, 1.82) is 0 Å². The Balaban J connectivity index is 1.66. The SMILES string of the molecule is CC(NC(=O)N(Cc1ccco1)C1CC1)c1nncn1C. The summed E-state index contributed by atoms with van der Waals surface area (Å²) in [5.74, 6) is 1.53. The average molecular weight is 289 g/mol. The highest BCUT2D eigenvalue weighted by atomic mass is 16.3. The lowest BCUT2D eigenvalue weighted by Crippen LogP contribution is -2.42. The molecule has 2 aromatic rings. The van der Waals surface area contributed by atoms with Crippen molar-refractivity contribution in [3.63, 3.8) is 0 Å². The second-order valence-electron chi connectivity index (χ2n) is 5.41. The molecular weight excluding hydrogens is 270 g/mol. The second-order valence-corrected chi connectivity index (χ2v) is 5.41. The monoisotopic (exact) mass is 289 g/mol. The van der Waals surface area contributed by atoms with Gasteiger partial charge in [-0.3, -0.25) is 0 Å². The number of aromatic nitrogens is 3. The van der Waals surface area contributed by atoms with Gasteiger partial charge in [0.25, 0.3) is 0 Å². The lowest BCUT2D eigenvalue weighted by molar-refractivity contribution is 0.183. The molecule has 7 heteroatoms. The number of nitrogens with zero attached hydrogens (tertiary/aromatic N) is 4. The van der Waals surface area contributed by atoms with E-state index in [0.717, 1.165) is 24.4 Å². The predicted octanol–water partition coefficient (Wildman–Crippen LogP) is 1.84. The summed E-state index contributed by atoms with van der Waals surface area (Å²) in [5, 5.41) is 10.8. The van der Waals surface area contributed by atoms with Crippen molar-refractivity contribution in [2.45, 2.75) is 38.4 Å². The van der Waals surface area contributed by atoms with Gasteiger partial charge in [0.2, 0.25) is 0 Å². The van der Waals surface area contributed by atoms with Crippen LogP contribution in [-0.2, 0) is 13.6 Å². The summed E-state index contributed by atoms with van der Waals surface area (Å²) in [5.41, 5.74) is 0. The molecule has 112 valence electrons. The van der Waals surface area contributed by atoms with E-state index >= 15 is 0 Å². The van der Waals surface area contributed by atoms with E-state index in [4.69, 9.17) is 4.42 Å². The molecule has 1 aliphatic carbocycles. The molecule has 2 amide bonds. The third-order valence-electron chi connectivity index (χ3n) is 3.63. The molecule has 2 heterocycles.